The smallest absolute Gasteiger partial charge is 0.335 e. The molecule has 1 saturated carbocycles. The van der Waals surface area contributed by atoms with Gasteiger partial charge >= 0.3 is 5.97 Å². The number of carboxylic acids is 1. The standard InChI is InChI=1S/C29H31ClN2O6/c1-18(33)24-11-8-20(30)14-25(24)26-15-28(34)32(17-27(26)37-2)22(12-13-38-23-4-3-5-23)16-31-21-9-6-19(7-10-21)29(35)36/h6-11,14-15,17,22-23,31H,3-5,12-13,16H2,1-2H3,(H,35,36). The van der Waals surface area contributed by atoms with E-state index in [1.54, 1.807) is 41.1 Å². The lowest BCUT2D eigenvalue weighted by Crippen LogP contribution is -2.31. The molecule has 0 aliphatic heterocycles. The van der Waals surface area contributed by atoms with Crippen LogP contribution < -0.4 is 15.6 Å². The molecule has 1 aromatic heterocycles. The van der Waals surface area contributed by atoms with Crippen LogP contribution >= 0.6 is 11.6 Å². The predicted octanol–water partition coefficient (Wildman–Crippen LogP) is 5.69. The van der Waals surface area contributed by atoms with Gasteiger partial charge in [0.05, 0.1) is 31.0 Å². The zero-order valence-electron chi connectivity index (χ0n) is 21.4. The third kappa shape index (κ3) is 6.44. The number of anilines is 1. The number of methoxy groups -OCH3 is 1. The Kier molecular flexibility index (Phi) is 8.86. The summed E-state index contributed by atoms with van der Waals surface area (Å²) in [5.74, 6) is -0.703. The van der Waals surface area contributed by atoms with Crippen molar-refractivity contribution in [1.29, 1.82) is 0 Å². The van der Waals surface area contributed by atoms with Gasteiger partial charge in [0, 0.05) is 41.1 Å². The van der Waals surface area contributed by atoms with Gasteiger partial charge < -0.3 is 24.5 Å². The molecule has 2 N–H and O–H groups in total. The Labute approximate surface area is 226 Å². The van der Waals surface area contributed by atoms with E-state index in [0.29, 0.717) is 47.0 Å². The topological polar surface area (TPSA) is 107 Å². The first kappa shape index (κ1) is 27.4. The normalized spacial score (nSPS) is 14.0. The zero-order chi connectivity index (χ0) is 27.2. The zero-order valence-corrected chi connectivity index (χ0v) is 22.2. The van der Waals surface area contributed by atoms with Gasteiger partial charge in [-0.25, -0.2) is 4.79 Å². The highest BCUT2D eigenvalue weighted by atomic mass is 35.5. The number of aromatic carboxylic acids is 1. The van der Waals surface area contributed by atoms with Crippen LogP contribution in [-0.2, 0) is 4.74 Å². The Balaban J connectivity index is 1.64. The van der Waals surface area contributed by atoms with Gasteiger partial charge in [0.2, 0.25) is 0 Å². The summed E-state index contributed by atoms with van der Waals surface area (Å²) in [6.45, 7) is 2.36. The number of ether oxygens (including phenoxy) is 2. The van der Waals surface area contributed by atoms with Crippen molar-refractivity contribution >= 4 is 29.0 Å². The molecule has 3 aromatic rings. The summed E-state index contributed by atoms with van der Waals surface area (Å²) >= 11 is 6.22. The average molecular weight is 539 g/mol. The molecule has 38 heavy (non-hydrogen) atoms. The molecule has 8 nitrogen and oxygen atoms in total. The summed E-state index contributed by atoms with van der Waals surface area (Å²) in [7, 11) is 1.52. The highest BCUT2D eigenvalue weighted by Gasteiger charge is 2.22. The van der Waals surface area contributed by atoms with Gasteiger partial charge in [0.25, 0.3) is 5.56 Å². The number of hydrogen-bond donors (Lipinski definition) is 2. The van der Waals surface area contributed by atoms with E-state index >= 15 is 0 Å². The third-order valence-electron chi connectivity index (χ3n) is 6.84. The Morgan fingerprint density at radius 2 is 1.87 bits per heavy atom. The molecular formula is C29H31ClN2O6. The molecule has 9 heteroatoms. The highest BCUT2D eigenvalue weighted by Crippen LogP contribution is 2.34. The van der Waals surface area contributed by atoms with E-state index in [0.717, 1.165) is 18.5 Å². The van der Waals surface area contributed by atoms with Crippen molar-refractivity contribution in [2.45, 2.75) is 44.8 Å². The van der Waals surface area contributed by atoms with Crippen molar-refractivity contribution in [3.63, 3.8) is 0 Å². The number of aromatic nitrogens is 1. The lowest BCUT2D eigenvalue weighted by atomic mass is 9.96. The summed E-state index contributed by atoms with van der Waals surface area (Å²) in [5.41, 5.74) is 2.15. The number of carboxylic acid groups (broad SMARTS) is 1. The fourth-order valence-electron chi connectivity index (χ4n) is 4.45. The van der Waals surface area contributed by atoms with Crippen molar-refractivity contribution in [3.05, 3.63) is 81.2 Å². The molecule has 0 bridgehead atoms. The van der Waals surface area contributed by atoms with E-state index in [1.807, 2.05) is 0 Å². The number of carbonyl (C=O) groups is 2. The minimum Gasteiger partial charge on any atom is -0.495 e. The van der Waals surface area contributed by atoms with Crippen molar-refractivity contribution in [1.82, 2.24) is 4.57 Å². The molecule has 1 atom stereocenters. The first-order valence-electron chi connectivity index (χ1n) is 12.6. The molecule has 1 aliphatic rings. The van der Waals surface area contributed by atoms with Crippen molar-refractivity contribution in [2.24, 2.45) is 0 Å². The largest absolute Gasteiger partial charge is 0.495 e. The van der Waals surface area contributed by atoms with Gasteiger partial charge in [0.1, 0.15) is 5.75 Å². The van der Waals surface area contributed by atoms with Crippen molar-refractivity contribution in [3.8, 4) is 16.9 Å². The van der Waals surface area contributed by atoms with E-state index in [-0.39, 0.29) is 29.1 Å². The van der Waals surface area contributed by atoms with E-state index in [9.17, 15) is 14.4 Å². The summed E-state index contributed by atoms with van der Waals surface area (Å²) in [5, 5.41) is 12.9. The minimum absolute atomic E-state index is 0.146. The van der Waals surface area contributed by atoms with Crippen LogP contribution in [0.3, 0.4) is 0 Å². The number of nitrogens with one attached hydrogen (secondary N) is 1. The monoisotopic (exact) mass is 538 g/mol. The molecule has 200 valence electrons. The molecule has 0 spiro atoms. The van der Waals surface area contributed by atoms with Crippen LogP contribution in [0.15, 0.2) is 59.5 Å². The van der Waals surface area contributed by atoms with Gasteiger partial charge in [-0.05, 0) is 80.6 Å². The van der Waals surface area contributed by atoms with Gasteiger partial charge in [-0.2, -0.15) is 0 Å². The number of ketones is 1. The Bertz CT molecular complexity index is 1360. The van der Waals surface area contributed by atoms with Gasteiger partial charge in [-0.15, -0.1) is 0 Å². The van der Waals surface area contributed by atoms with E-state index in [2.05, 4.69) is 5.32 Å². The summed E-state index contributed by atoms with van der Waals surface area (Å²) in [4.78, 5) is 36.9. The Hall–Kier alpha value is -3.62. The van der Waals surface area contributed by atoms with Crippen LogP contribution in [0, 0.1) is 0 Å². The van der Waals surface area contributed by atoms with Crippen LogP contribution in [0.5, 0.6) is 5.75 Å². The lowest BCUT2D eigenvalue weighted by molar-refractivity contribution is -0.00270. The molecule has 1 unspecified atom stereocenters. The molecule has 0 amide bonds. The van der Waals surface area contributed by atoms with E-state index in [4.69, 9.17) is 26.2 Å². The first-order chi connectivity index (χ1) is 18.3. The Morgan fingerprint density at radius 3 is 2.47 bits per heavy atom. The number of rotatable bonds is 12. The number of carbonyl (C=O) groups excluding carboxylic acids is 1. The number of Topliss-reactive ketones (excluding diaryl/α,β-unsaturated/α-hetero) is 1. The van der Waals surface area contributed by atoms with Gasteiger partial charge in [0.15, 0.2) is 5.78 Å². The minimum atomic E-state index is -0.992. The SMILES string of the molecule is COc1cn(C(CCOC2CCC2)CNc2ccc(C(=O)O)cc2)c(=O)cc1-c1cc(Cl)ccc1C(C)=O. The summed E-state index contributed by atoms with van der Waals surface area (Å²) in [6, 6.07) is 12.6. The number of pyridine rings is 1. The second kappa shape index (κ2) is 12.3. The average Bonchev–Trinajstić information content (AvgIpc) is 2.87. The number of halogens is 1. The highest BCUT2D eigenvalue weighted by molar-refractivity contribution is 6.31. The lowest BCUT2D eigenvalue weighted by Gasteiger charge is -2.27. The molecule has 0 radical (unpaired) electrons. The predicted molar refractivity (Wildman–Crippen MR) is 147 cm³/mol. The number of nitrogens with zero attached hydrogens (tertiary/aromatic N) is 1. The van der Waals surface area contributed by atoms with Crippen LogP contribution in [-0.4, -0.2) is 47.8 Å². The fourth-order valence-corrected chi connectivity index (χ4v) is 4.62. The molecule has 1 fully saturated rings. The maximum atomic E-state index is 13.4. The van der Waals surface area contributed by atoms with Crippen LogP contribution in [0.1, 0.15) is 59.4 Å². The number of hydrogen-bond acceptors (Lipinski definition) is 6. The molecule has 1 heterocycles. The van der Waals surface area contributed by atoms with Crippen molar-refractivity contribution in [2.75, 3.05) is 25.6 Å². The maximum absolute atomic E-state index is 13.4. The van der Waals surface area contributed by atoms with Crippen molar-refractivity contribution < 1.29 is 24.2 Å². The third-order valence-corrected chi connectivity index (χ3v) is 7.07. The molecule has 2 aromatic carbocycles. The van der Waals surface area contributed by atoms with Crippen LogP contribution in [0.4, 0.5) is 5.69 Å². The molecule has 1 aliphatic carbocycles. The van der Waals surface area contributed by atoms with E-state index in [1.165, 1.54) is 38.7 Å². The van der Waals surface area contributed by atoms with E-state index < -0.39 is 5.97 Å². The molecule has 0 saturated heterocycles. The number of benzene rings is 2. The van der Waals surface area contributed by atoms with Gasteiger partial charge in [-0.1, -0.05) is 11.6 Å². The first-order valence-corrected chi connectivity index (χ1v) is 12.9. The molecule has 4 rings (SSSR count). The second-order valence-electron chi connectivity index (χ2n) is 9.38. The summed E-state index contributed by atoms with van der Waals surface area (Å²) < 4.78 is 13.3. The van der Waals surface area contributed by atoms with Crippen LogP contribution in [0.25, 0.3) is 11.1 Å². The summed E-state index contributed by atoms with van der Waals surface area (Å²) in [6.07, 6.45) is 5.79. The van der Waals surface area contributed by atoms with Crippen LogP contribution in [0.2, 0.25) is 5.02 Å². The maximum Gasteiger partial charge on any atom is 0.335 e. The molecular weight excluding hydrogens is 508 g/mol. The quantitative estimate of drug-likeness (QED) is 0.285. The Morgan fingerprint density at radius 1 is 1.13 bits per heavy atom. The second-order valence-corrected chi connectivity index (χ2v) is 9.81. The fraction of sp³-hybridized carbons (Fsp3) is 0.345. The van der Waals surface area contributed by atoms with Gasteiger partial charge in [-0.3, -0.25) is 9.59 Å².